The van der Waals surface area contributed by atoms with Crippen molar-refractivity contribution in [3.8, 4) is 0 Å². The van der Waals surface area contributed by atoms with Crippen LogP contribution in [0.3, 0.4) is 0 Å². The lowest BCUT2D eigenvalue weighted by atomic mass is 9.33. The summed E-state index contributed by atoms with van der Waals surface area (Å²) >= 11 is 0. The van der Waals surface area contributed by atoms with Crippen LogP contribution < -0.4 is 0 Å². The summed E-state index contributed by atoms with van der Waals surface area (Å²) in [6.45, 7) is 3.43. The topological polar surface area (TPSA) is 0 Å². The standard InChI is InChI=1S/C2H2B4/c1-2(5-3)6-4/h1H2. The summed E-state index contributed by atoms with van der Waals surface area (Å²) in [5, 5.41) is 0.648. The maximum absolute atomic E-state index is 4.95. The SMILES string of the molecule is [B][B]C(=C)[B][B]. The Bertz CT molecular complexity index is 43.5. The van der Waals surface area contributed by atoms with Gasteiger partial charge in [-0.2, -0.15) is 5.37 Å². The van der Waals surface area contributed by atoms with Gasteiger partial charge in [0.05, 0.1) is 14.3 Å². The van der Waals surface area contributed by atoms with Crippen molar-refractivity contribution in [2.75, 3.05) is 0 Å². The Balaban J connectivity index is 2.99. The lowest BCUT2D eigenvalue weighted by molar-refractivity contribution is 2.41. The summed E-state index contributed by atoms with van der Waals surface area (Å²) in [5.74, 6) is 0. The minimum absolute atomic E-state index is 0.648. The van der Waals surface area contributed by atoms with Gasteiger partial charge < -0.3 is 0 Å². The fourth-order valence-corrected chi connectivity index (χ4v) is 0.0556. The lowest BCUT2D eigenvalue weighted by Gasteiger charge is -1.87. The van der Waals surface area contributed by atoms with Gasteiger partial charge >= 0.3 is 0 Å². The van der Waals surface area contributed by atoms with Crippen molar-refractivity contribution < 1.29 is 0 Å². The van der Waals surface area contributed by atoms with Crippen LogP contribution in [0.15, 0.2) is 12.0 Å². The fourth-order valence-electron chi connectivity index (χ4n) is 0.0556. The summed E-state index contributed by atoms with van der Waals surface area (Å²) < 4.78 is 0. The zero-order valence-corrected chi connectivity index (χ0v) is 3.52. The molecule has 0 saturated heterocycles. The van der Waals surface area contributed by atoms with Crippen LogP contribution in [0.25, 0.3) is 0 Å². The molecule has 6 radical (unpaired) electrons. The van der Waals surface area contributed by atoms with Crippen molar-refractivity contribution >= 4 is 29.8 Å². The molecular weight excluding hydrogens is 67.3 g/mol. The Morgan fingerprint density at radius 3 is 1.67 bits per heavy atom. The normalized spacial score (nSPS) is 6.67. The van der Waals surface area contributed by atoms with E-state index in [0.29, 0.717) is 5.37 Å². The fraction of sp³-hybridized carbons (Fsp3) is 0. The molecule has 0 nitrogen and oxygen atoms in total. The first kappa shape index (κ1) is 6.00. The van der Waals surface area contributed by atoms with Crippen molar-refractivity contribution in [2.45, 2.75) is 0 Å². The Hall–Kier alpha value is -0.000260. The van der Waals surface area contributed by atoms with Crippen LogP contribution in [0.5, 0.6) is 0 Å². The van der Waals surface area contributed by atoms with E-state index < -0.39 is 0 Å². The first-order valence-electron chi connectivity index (χ1n) is 1.60. The third-order valence-corrected chi connectivity index (χ3v) is 0.428. The molecule has 0 aliphatic heterocycles. The van der Waals surface area contributed by atoms with Gasteiger partial charge in [0.25, 0.3) is 0 Å². The second-order valence-corrected chi connectivity index (χ2v) is 0.908. The zero-order valence-electron chi connectivity index (χ0n) is 3.52. The molecule has 0 N–H and O–H groups in total. The number of hydrogen-bond acceptors (Lipinski definition) is 0. The van der Waals surface area contributed by atoms with Crippen LogP contribution in [0.4, 0.5) is 0 Å². The average molecular weight is 69.3 g/mol. The summed E-state index contributed by atoms with van der Waals surface area (Å²) in [7, 11) is 12.6. The number of rotatable bonds is 2. The van der Waals surface area contributed by atoms with E-state index in [-0.39, 0.29) is 0 Å². The highest BCUT2D eigenvalue weighted by Crippen LogP contribution is 1.72. The molecule has 0 unspecified atom stereocenters. The molecule has 0 aliphatic rings. The first-order valence-corrected chi connectivity index (χ1v) is 1.60. The predicted octanol–water partition coefficient (Wildman–Crippen LogP) is -0.967. The largest absolute Gasteiger partial charge is 0.170 e. The highest BCUT2D eigenvalue weighted by molar-refractivity contribution is 7.09. The van der Waals surface area contributed by atoms with Gasteiger partial charge in [-0.05, 0) is 0 Å². The second kappa shape index (κ2) is 3.20. The molecule has 0 spiro atoms. The molecule has 0 aromatic rings. The Kier molecular flexibility index (Phi) is 3.20. The van der Waals surface area contributed by atoms with Crippen LogP contribution >= 0.6 is 0 Å². The van der Waals surface area contributed by atoms with Gasteiger partial charge in [0.2, 0.25) is 0 Å². The highest BCUT2D eigenvalue weighted by Gasteiger charge is 1.81. The molecule has 0 fully saturated rings. The second-order valence-electron chi connectivity index (χ2n) is 0.908. The van der Waals surface area contributed by atoms with Crippen molar-refractivity contribution in [1.29, 1.82) is 0 Å². The van der Waals surface area contributed by atoms with E-state index in [1.165, 1.54) is 14.3 Å². The summed E-state index contributed by atoms with van der Waals surface area (Å²) in [6.07, 6.45) is 0. The molecular formula is C2H2B4. The first-order chi connectivity index (χ1) is 2.81. The highest BCUT2D eigenvalue weighted by atomic mass is 13.3. The molecule has 22 valence electrons. The maximum atomic E-state index is 4.95. The van der Waals surface area contributed by atoms with E-state index in [9.17, 15) is 0 Å². The Morgan fingerprint density at radius 2 is 1.67 bits per heavy atom. The van der Waals surface area contributed by atoms with Gasteiger partial charge in [-0.15, -0.1) is 6.58 Å². The monoisotopic (exact) mass is 70.1 g/mol. The molecule has 0 aromatic heterocycles. The van der Waals surface area contributed by atoms with Gasteiger partial charge in [0.1, 0.15) is 0 Å². The van der Waals surface area contributed by atoms with E-state index in [1.54, 1.807) is 0 Å². The van der Waals surface area contributed by atoms with E-state index >= 15 is 0 Å². The van der Waals surface area contributed by atoms with Crippen LogP contribution in [-0.4, -0.2) is 29.8 Å². The smallest absolute Gasteiger partial charge is 0.0754 e. The van der Waals surface area contributed by atoms with Gasteiger partial charge in [0, 0.05) is 15.5 Å². The third-order valence-electron chi connectivity index (χ3n) is 0.428. The Morgan fingerprint density at radius 1 is 1.33 bits per heavy atom. The van der Waals surface area contributed by atoms with Crippen LogP contribution in [-0.2, 0) is 0 Å². The molecule has 0 aromatic carbocycles. The van der Waals surface area contributed by atoms with E-state index in [1.807, 2.05) is 0 Å². The summed E-state index contributed by atoms with van der Waals surface area (Å²) in [5.41, 5.74) is 0. The molecule has 0 rings (SSSR count). The van der Waals surface area contributed by atoms with Crippen LogP contribution in [0.2, 0.25) is 0 Å². The molecule has 6 heavy (non-hydrogen) atoms. The zero-order chi connectivity index (χ0) is 4.99. The minimum Gasteiger partial charge on any atom is -0.170 e. The van der Waals surface area contributed by atoms with Crippen LogP contribution in [0.1, 0.15) is 0 Å². The summed E-state index contributed by atoms with van der Waals surface area (Å²) in [6, 6.07) is 0. The van der Waals surface area contributed by atoms with E-state index in [2.05, 4.69) is 6.58 Å². The number of hydrogen-bond donors (Lipinski definition) is 0. The van der Waals surface area contributed by atoms with E-state index in [0.717, 1.165) is 0 Å². The van der Waals surface area contributed by atoms with Crippen molar-refractivity contribution in [2.24, 2.45) is 0 Å². The van der Waals surface area contributed by atoms with Gasteiger partial charge in [0.15, 0.2) is 0 Å². The van der Waals surface area contributed by atoms with Gasteiger partial charge in [-0.1, -0.05) is 0 Å². The quantitative estimate of drug-likeness (QED) is 0.366. The van der Waals surface area contributed by atoms with Crippen molar-refractivity contribution in [3.63, 3.8) is 0 Å². The molecule has 0 atom stereocenters. The van der Waals surface area contributed by atoms with Crippen LogP contribution in [0, 0.1) is 0 Å². The average Bonchev–Trinajstić information content (AvgIpc) is 1.65. The molecule has 0 aliphatic carbocycles. The maximum Gasteiger partial charge on any atom is 0.0754 e. The Labute approximate surface area is 42.7 Å². The van der Waals surface area contributed by atoms with Crippen molar-refractivity contribution in [3.05, 3.63) is 12.0 Å². The van der Waals surface area contributed by atoms with Gasteiger partial charge in [-0.3, -0.25) is 0 Å². The molecule has 0 heterocycles. The van der Waals surface area contributed by atoms with Gasteiger partial charge in [-0.25, -0.2) is 0 Å². The van der Waals surface area contributed by atoms with Crippen molar-refractivity contribution in [1.82, 2.24) is 0 Å². The predicted molar refractivity (Wildman–Crippen MR) is 32.2 cm³/mol. The minimum atomic E-state index is 0.648. The van der Waals surface area contributed by atoms with E-state index in [4.69, 9.17) is 15.5 Å². The molecule has 4 heteroatoms. The summed E-state index contributed by atoms with van der Waals surface area (Å²) in [4.78, 5) is 0. The molecule has 0 saturated carbocycles. The molecule has 0 amide bonds. The lowest BCUT2D eigenvalue weighted by Crippen LogP contribution is -2.02. The molecule has 0 bridgehead atoms. The third kappa shape index (κ3) is 2.25.